The average molecular weight is 310 g/mol. The summed E-state index contributed by atoms with van der Waals surface area (Å²) in [6, 6.07) is 7.45. The average Bonchev–Trinajstić information content (AvgIpc) is 2.47. The number of hydrogen-bond donors (Lipinski definition) is 1. The topological polar surface area (TPSA) is 18.5 Å². The van der Waals surface area contributed by atoms with Gasteiger partial charge >= 0.3 is 0 Å². The molecule has 2 unspecified atom stereocenters. The highest BCUT2D eigenvalue weighted by molar-refractivity contribution is 6.31. The smallest absolute Gasteiger partial charge is 0.0474 e. The second-order valence-electron chi connectivity index (χ2n) is 5.97. The molecule has 1 aliphatic rings. The van der Waals surface area contributed by atoms with Crippen molar-refractivity contribution < 1.29 is 0 Å². The van der Waals surface area contributed by atoms with Crippen molar-refractivity contribution in [2.75, 3.05) is 38.1 Å². The lowest BCUT2D eigenvalue weighted by atomic mass is 10.1. The number of benzene rings is 1. The van der Waals surface area contributed by atoms with Gasteiger partial charge in [-0.05, 0) is 44.6 Å². The molecule has 1 aromatic rings. The van der Waals surface area contributed by atoms with Crippen LogP contribution in [-0.2, 0) is 0 Å². The number of likely N-dealkylation sites (N-methyl/N-ethyl adjacent to an activating group) is 1. The van der Waals surface area contributed by atoms with E-state index in [2.05, 4.69) is 61.1 Å². The predicted octanol–water partition coefficient (Wildman–Crippen LogP) is 3.54. The molecular weight excluding hydrogens is 282 g/mol. The largest absolute Gasteiger partial charge is 0.369 e. The highest BCUT2D eigenvalue weighted by atomic mass is 35.5. The molecule has 0 aliphatic carbocycles. The van der Waals surface area contributed by atoms with Crippen LogP contribution >= 0.6 is 11.6 Å². The molecule has 0 spiro atoms. The van der Waals surface area contributed by atoms with Gasteiger partial charge in [-0.1, -0.05) is 31.5 Å². The lowest BCUT2D eigenvalue weighted by Gasteiger charge is -2.40. The van der Waals surface area contributed by atoms with Crippen molar-refractivity contribution in [1.82, 2.24) is 10.2 Å². The molecule has 1 fully saturated rings. The summed E-state index contributed by atoms with van der Waals surface area (Å²) in [5, 5.41) is 4.29. The molecule has 118 valence electrons. The van der Waals surface area contributed by atoms with E-state index >= 15 is 0 Å². The minimum Gasteiger partial charge on any atom is -0.369 e. The Morgan fingerprint density at radius 3 is 2.71 bits per heavy atom. The van der Waals surface area contributed by atoms with Crippen molar-refractivity contribution in [1.29, 1.82) is 0 Å². The zero-order valence-corrected chi connectivity index (χ0v) is 14.5. The van der Waals surface area contributed by atoms with Crippen LogP contribution in [0.2, 0.25) is 5.02 Å². The van der Waals surface area contributed by atoms with Crippen molar-refractivity contribution in [3.8, 4) is 0 Å². The Labute approximate surface area is 134 Å². The van der Waals surface area contributed by atoms with Gasteiger partial charge in [-0.2, -0.15) is 0 Å². The normalized spacial score (nSPS) is 21.6. The number of hydrogen-bond acceptors (Lipinski definition) is 3. The molecule has 3 nitrogen and oxygen atoms in total. The Morgan fingerprint density at radius 1 is 1.33 bits per heavy atom. The van der Waals surface area contributed by atoms with E-state index in [0.717, 1.165) is 31.2 Å². The van der Waals surface area contributed by atoms with Gasteiger partial charge in [-0.15, -0.1) is 0 Å². The van der Waals surface area contributed by atoms with Crippen LogP contribution < -0.4 is 10.2 Å². The van der Waals surface area contributed by atoms with Gasteiger partial charge in [0.05, 0.1) is 0 Å². The monoisotopic (exact) mass is 309 g/mol. The molecule has 0 saturated carbocycles. The zero-order chi connectivity index (χ0) is 15.4. The number of nitrogens with one attached hydrogen (secondary N) is 1. The summed E-state index contributed by atoms with van der Waals surface area (Å²) in [6.07, 6.45) is 1.19. The van der Waals surface area contributed by atoms with E-state index in [1.165, 1.54) is 17.7 Å². The van der Waals surface area contributed by atoms with Crippen molar-refractivity contribution in [3.63, 3.8) is 0 Å². The lowest BCUT2D eigenvalue weighted by Crippen LogP contribution is -2.51. The van der Waals surface area contributed by atoms with Gasteiger partial charge in [0.2, 0.25) is 0 Å². The van der Waals surface area contributed by atoms with Crippen molar-refractivity contribution >= 4 is 17.3 Å². The van der Waals surface area contributed by atoms with E-state index in [1.807, 2.05) is 0 Å². The highest BCUT2D eigenvalue weighted by Gasteiger charge is 2.23. The quantitative estimate of drug-likeness (QED) is 0.897. The third kappa shape index (κ3) is 3.91. The fourth-order valence-corrected chi connectivity index (χ4v) is 3.44. The molecule has 1 heterocycles. The van der Waals surface area contributed by atoms with Gasteiger partial charge < -0.3 is 10.2 Å². The number of nitrogens with zero attached hydrogens (tertiary/aromatic N) is 2. The molecule has 2 atom stereocenters. The van der Waals surface area contributed by atoms with E-state index in [-0.39, 0.29) is 0 Å². The number of piperazine rings is 1. The lowest BCUT2D eigenvalue weighted by molar-refractivity contribution is 0.213. The molecule has 1 N–H and O–H groups in total. The molecule has 0 aromatic heterocycles. The molecule has 0 radical (unpaired) electrons. The van der Waals surface area contributed by atoms with Gasteiger partial charge in [-0.3, -0.25) is 4.90 Å². The Kier molecular flexibility index (Phi) is 5.91. The first-order valence-corrected chi connectivity index (χ1v) is 8.42. The maximum atomic E-state index is 6.50. The van der Waals surface area contributed by atoms with Crippen LogP contribution in [0.1, 0.15) is 38.8 Å². The first kappa shape index (κ1) is 16.6. The molecule has 0 bridgehead atoms. The third-order valence-corrected chi connectivity index (χ3v) is 4.90. The Morgan fingerprint density at radius 2 is 2.10 bits per heavy atom. The van der Waals surface area contributed by atoms with Crippen molar-refractivity contribution in [3.05, 3.63) is 28.8 Å². The van der Waals surface area contributed by atoms with Gasteiger partial charge in [0.1, 0.15) is 0 Å². The maximum absolute atomic E-state index is 6.50. The van der Waals surface area contributed by atoms with Crippen LogP contribution in [0.5, 0.6) is 0 Å². The second-order valence-corrected chi connectivity index (χ2v) is 6.38. The summed E-state index contributed by atoms with van der Waals surface area (Å²) in [5.74, 6) is 0. The van der Waals surface area contributed by atoms with Crippen LogP contribution in [0.15, 0.2) is 18.2 Å². The maximum Gasteiger partial charge on any atom is 0.0474 e. The van der Waals surface area contributed by atoms with Crippen LogP contribution in [0.4, 0.5) is 5.69 Å². The van der Waals surface area contributed by atoms with E-state index in [9.17, 15) is 0 Å². The summed E-state index contributed by atoms with van der Waals surface area (Å²) in [5.41, 5.74) is 2.43. The fraction of sp³-hybridized carbons (Fsp3) is 0.647. The minimum absolute atomic E-state index is 0.299. The highest BCUT2D eigenvalue weighted by Crippen LogP contribution is 2.29. The molecule has 2 rings (SSSR count). The van der Waals surface area contributed by atoms with E-state index in [4.69, 9.17) is 11.6 Å². The fourth-order valence-electron chi connectivity index (χ4n) is 3.10. The van der Waals surface area contributed by atoms with E-state index < -0.39 is 0 Å². The Bertz CT molecular complexity index is 463. The Hall–Kier alpha value is -0.770. The van der Waals surface area contributed by atoms with Gasteiger partial charge in [0.15, 0.2) is 0 Å². The SMILES string of the molecule is CCNC(C)c1ccc(N2CCN(C)C(CC)C2)cc1Cl. The second kappa shape index (κ2) is 7.48. The van der Waals surface area contributed by atoms with Gasteiger partial charge in [0.25, 0.3) is 0 Å². The van der Waals surface area contributed by atoms with E-state index in [0.29, 0.717) is 12.1 Å². The van der Waals surface area contributed by atoms with Crippen LogP contribution in [0, 0.1) is 0 Å². The van der Waals surface area contributed by atoms with Crippen LogP contribution in [0.25, 0.3) is 0 Å². The molecule has 0 amide bonds. The zero-order valence-electron chi connectivity index (χ0n) is 13.7. The first-order chi connectivity index (χ1) is 10.1. The Balaban J connectivity index is 2.13. The summed E-state index contributed by atoms with van der Waals surface area (Å²) in [7, 11) is 2.22. The standard InChI is InChI=1S/C17H28ClN3/c1-5-14-12-21(10-9-20(14)4)15-7-8-16(17(18)11-15)13(3)19-6-2/h7-8,11,13-14,19H,5-6,9-10,12H2,1-4H3. The first-order valence-electron chi connectivity index (χ1n) is 8.04. The van der Waals surface area contributed by atoms with Gasteiger partial charge in [-0.25, -0.2) is 0 Å². The molecular formula is C17H28ClN3. The predicted molar refractivity (Wildman–Crippen MR) is 92.5 cm³/mol. The van der Waals surface area contributed by atoms with E-state index in [1.54, 1.807) is 0 Å². The number of rotatable bonds is 5. The molecule has 4 heteroatoms. The summed E-state index contributed by atoms with van der Waals surface area (Å²) in [4.78, 5) is 4.92. The molecule has 1 saturated heterocycles. The minimum atomic E-state index is 0.299. The molecule has 1 aliphatic heterocycles. The summed E-state index contributed by atoms with van der Waals surface area (Å²) >= 11 is 6.50. The van der Waals surface area contributed by atoms with Crippen molar-refractivity contribution in [2.45, 2.75) is 39.3 Å². The van der Waals surface area contributed by atoms with Crippen molar-refractivity contribution in [2.24, 2.45) is 0 Å². The van der Waals surface area contributed by atoms with Gasteiger partial charge in [0, 0.05) is 42.4 Å². The van der Waals surface area contributed by atoms with Crippen LogP contribution in [0.3, 0.4) is 0 Å². The molecule has 21 heavy (non-hydrogen) atoms. The third-order valence-electron chi connectivity index (χ3n) is 4.57. The van der Waals surface area contributed by atoms with Crippen LogP contribution in [-0.4, -0.2) is 44.2 Å². The number of anilines is 1. The summed E-state index contributed by atoms with van der Waals surface area (Å²) in [6.45, 7) is 10.8. The molecule has 1 aromatic carbocycles. The summed E-state index contributed by atoms with van der Waals surface area (Å²) < 4.78 is 0. The number of halogens is 1.